The van der Waals surface area contributed by atoms with Crippen LogP contribution in [0.2, 0.25) is 0 Å². The van der Waals surface area contributed by atoms with Crippen LogP contribution in [0.5, 0.6) is 0 Å². The molecule has 1 amide bonds. The zero-order chi connectivity index (χ0) is 16.3. The van der Waals surface area contributed by atoms with Gasteiger partial charge in [-0.05, 0) is 11.1 Å². The van der Waals surface area contributed by atoms with Crippen LogP contribution in [-0.2, 0) is 22.7 Å². The van der Waals surface area contributed by atoms with Crippen molar-refractivity contribution in [1.82, 2.24) is 5.32 Å². The van der Waals surface area contributed by atoms with E-state index in [-0.39, 0.29) is 19.8 Å². The van der Waals surface area contributed by atoms with E-state index in [1.54, 1.807) is 0 Å². The first-order valence-corrected chi connectivity index (χ1v) is 7.49. The van der Waals surface area contributed by atoms with Gasteiger partial charge in [-0.2, -0.15) is 0 Å². The second kappa shape index (κ2) is 9.61. The molecule has 0 aliphatic heterocycles. The Morgan fingerprint density at radius 3 is 2.09 bits per heavy atom. The molecule has 0 heterocycles. The van der Waals surface area contributed by atoms with Crippen molar-refractivity contribution < 1.29 is 19.4 Å². The van der Waals surface area contributed by atoms with Gasteiger partial charge in [-0.25, -0.2) is 4.79 Å². The fourth-order valence-electron chi connectivity index (χ4n) is 1.94. The van der Waals surface area contributed by atoms with Crippen LogP contribution in [0.15, 0.2) is 60.7 Å². The van der Waals surface area contributed by atoms with Gasteiger partial charge in [-0.3, -0.25) is 0 Å². The van der Waals surface area contributed by atoms with E-state index in [0.29, 0.717) is 6.61 Å². The van der Waals surface area contributed by atoms with Gasteiger partial charge >= 0.3 is 6.09 Å². The molecule has 0 aromatic heterocycles. The average Bonchev–Trinajstić information content (AvgIpc) is 2.62. The monoisotopic (exact) mass is 315 g/mol. The Balaban J connectivity index is 1.67. The first kappa shape index (κ1) is 17.0. The summed E-state index contributed by atoms with van der Waals surface area (Å²) in [5.41, 5.74) is 1.93. The van der Waals surface area contributed by atoms with Crippen LogP contribution in [-0.4, -0.2) is 30.5 Å². The van der Waals surface area contributed by atoms with Gasteiger partial charge in [-0.15, -0.1) is 0 Å². The predicted molar refractivity (Wildman–Crippen MR) is 86.7 cm³/mol. The largest absolute Gasteiger partial charge is 0.445 e. The number of benzene rings is 2. The third kappa shape index (κ3) is 6.50. The molecule has 2 aromatic rings. The molecule has 0 aliphatic carbocycles. The highest BCUT2D eigenvalue weighted by atomic mass is 16.5. The number of aliphatic hydroxyl groups excluding tert-OH is 1. The Bertz CT molecular complexity index is 574. The van der Waals surface area contributed by atoms with Crippen LogP contribution in [0, 0.1) is 0 Å². The van der Waals surface area contributed by atoms with Crippen LogP contribution in [0.3, 0.4) is 0 Å². The van der Waals surface area contributed by atoms with Crippen molar-refractivity contribution in [3.05, 3.63) is 71.8 Å². The Kier molecular flexibility index (Phi) is 7.10. The molecule has 0 aliphatic rings. The van der Waals surface area contributed by atoms with E-state index >= 15 is 0 Å². The van der Waals surface area contributed by atoms with Crippen LogP contribution >= 0.6 is 0 Å². The Morgan fingerprint density at radius 2 is 1.52 bits per heavy atom. The Hall–Kier alpha value is -2.37. The number of ether oxygens (including phenoxy) is 2. The van der Waals surface area contributed by atoms with E-state index in [9.17, 15) is 9.90 Å². The third-order valence-electron chi connectivity index (χ3n) is 3.22. The first-order chi connectivity index (χ1) is 11.3. The van der Waals surface area contributed by atoms with Gasteiger partial charge in [-0.1, -0.05) is 60.7 Å². The SMILES string of the molecule is O=C(NCC(CO)OCc1ccccc1)OCc1ccccc1. The highest BCUT2D eigenvalue weighted by molar-refractivity contribution is 5.67. The number of hydrogen-bond acceptors (Lipinski definition) is 4. The second-order valence-electron chi connectivity index (χ2n) is 5.04. The number of alkyl carbamates (subject to hydrolysis) is 1. The topological polar surface area (TPSA) is 67.8 Å². The number of carbonyl (C=O) groups excluding carboxylic acids is 1. The number of aliphatic hydroxyl groups is 1. The summed E-state index contributed by atoms with van der Waals surface area (Å²) < 4.78 is 10.7. The smallest absolute Gasteiger partial charge is 0.407 e. The molecule has 1 atom stereocenters. The predicted octanol–water partition coefficient (Wildman–Crippen LogP) is 2.49. The van der Waals surface area contributed by atoms with Gasteiger partial charge < -0.3 is 19.9 Å². The highest BCUT2D eigenvalue weighted by Gasteiger charge is 2.11. The molecule has 5 nitrogen and oxygen atoms in total. The first-order valence-electron chi connectivity index (χ1n) is 7.49. The molecule has 2 rings (SSSR count). The molecule has 2 N–H and O–H groups in total. The van der Waals surface area contributed by atoms with E-state index < -0.39 is 12.2 Å². The van der Waals surface area contributed by atoms with E-state index in [4.69, 9.17) is 9.47 Å². The fraction of sp³-hybridized carbons (Fsp3) is 0.278. The van der Waals surface area contributed by atoms with Crippen LogP contribution in [0.25, 0.3) is 0 Å². The number of rotatable bonds is 8. The average molecular weight is 315 g/mol. The molecule has 2 aromatic carbocycles. The van der Waals surface area contributed by atoms with Crippen molar-refractivity contribution in [1.29, 1.82) is 0 Å². The lowest BCUT2D eigenvalue weighted by atomic mass is 10.2. The minimum Gasteiger partial charge on any atom is -0.445 e. The van der Waals surface area contributed by atoms with Crippen molar-refractivity contribution in [2.24, 2.45) is 0 Å². The molecular weight excluding hydrogens is 294 g/mol. The van der Waals surface area contributed by atoms with E-state index in [1.807, 2.05) is 60.7 Å². The molecule has 0 spiro atoms. The summed E-state index contributed by atoms with van der Waals surface area (Å²) in [5, 5.41) is 11.9. The molecule has 0 bridgehead atoms. The molecule has 5 heteroatoms. The van der Waals surface area contributed by atoms with Crippen molar-refractivity contribution in [3.63, 3.8) is 0 Å². The zero-order valence-corrected chi connectivity index (χ0v) is 12.9. The molecule has 1 unspecified atom stereocenters. The minimum atomic E-state index is -0.532. The fourth-order valence-corrected chi connectivity index (χ4v) is 1.94. The third-order valence-corrected chi connectivity index (χ3v) is 3.22. The van der Waals surface area contributed by atoms with Gasteiger partial charge in [0.25, 0.3) is 0 Å². The van der Waals surface area contributed by atoms with E-state index in [2.05, 4.69) is 5.32 Å². The summed E-state index contributed by atoms with van der Waals surface area (Å²) >= 11 is 0. The summed E-state index contributed by atoms with van der Waals surface area (Å²) in [4.78, 5) is 11.6. The summed E-state index contributed by atoms with van der Waals surface area (Å²) in [5.74, 6) is 0. The standard InChI is InChI=1S/C18H21NO4/c20-12-17(22-13-15-7-3-1-4-8-15)11-19-18(21)23-14-16-9-5-2-6-10-16/h1-10,17,20H,11-14H2,(H,19,21). The van der Waals surface area contributed by atoms with Crippen LogP contribution in [0.4, 0.5) is 4.79 Å². The van der Waals surface area contributed by atoms with E-state index in [0.717, 1.165) is 11.1 Å². The maximum atomic E-state index is 11.6. The maximum absolute atomic E-state index is 11.6. The lowest BCUT2D eigenvalue weighted by molar-refractivity contribution is 0.00314. The number of amides is 1. The number of nitrogens with one attached hydrogen (secondary N) is 1. The van der Waals surface area contributed by atoms with Crippen LogP contribution in [0.1, 0.15) is 11.1 Å². The van der Waals surface area contributed by atoms with Crippen molar-refractivity contribution in [2.75, 3.05) is 13.2 Å². The Morgan fingerprint density at radius 1 is 0.957 bits per heavy atom. The molecular formula is C18H21NO4. The summed E-state index contributed by atoms with van der Waals surface area (Å²) in [7, 11) is 0. The van der Waals surface area contributed by atoms with Gasteiger partial charge in [0, 0.05) is 6.54 Å². The van der Waals surface area contributed by atoms with Gasteiger partial charge in [0.15, 0.2) is 0 Å². The minimum absolute atomic E-state index is 0.175. The van der Waals surface area contributed by atoms with Gasteiger partial charge in [0.1, 0.15) is 6.61 Å². The summed E-state index contributed by atoms with van der Waals surface area (Å²) in [6.45, 7) is 0.608. The molecule has 0 saturated carbocycles. The molecule has 122 valence electrons. The second-order valence-corrected chi connectivity index (χ2v) is 5.04. The lowest BCUT2D eigenvalue weighted by Crippen LogP contribution is -2.36. The normalized spacial score (nSPS) is 11.7. The van der Waals surface area contributed by atoms with E-state index in [1.165, 1.54) is 0 Å². The number of hydrogen-bond donors (Lipinski definition) is 2. The molecule has 0 radical (unpaired) electrons. The molecule has 0 saturated heterocycles. The quantitative estimate of drug-likeness (QED) is 0.785. The lowest BCUT2D eigenvalue weighted by Gasteiger charge is -2.16. The van der Waals surface area contributed by atoms with Crippen molar-refractivity contribution in [2.45, 2.75) is 19.3 Å². The number of carbonyl (C=O) groups is 1. The Labute approximate surface area is 135 Å². The van der Waals surface area contributed by atoms with Gasteiger partial charge in [0.2, 0.25) is 0 Å². The van der Waals surface area contributed by atoms with Crippen molar-refractivity contribution >= 4 is 6.09 Å². The molecule has 0 fully saturated rings. The van der Waals surface area contributed by atoms with Crippen LogP contribution < -0.4 is 5.32 Å². The summed E-state index contributed by atoms with van der Waals surface area (Å²) in [6.07, 6.45) is -1.00. The highest BCUT2D eigenvalue weighted by Crippen LogP contribution is 2.03. The molecule has 23 heavy (non-hydrogen) atoms. The summed E-state index contributed by atoms with van der Waals surface area (Å²) in [6, 6.07) is 19.1. The van der Waals surface area contributed by atoms with Gasteiger partial charge in [0.05, 0.1) is 19.3 Å². The maximum Gasteiger partial charge on any atom is 0.407 e. The zero-order valence-electron chi connectivity index (χ0n) is 12.9. The van der Waals surface area contributed by atoms with Crippen molar-refractivity contribution in [3.8, 4) is 0 Å².